The van der Waals surface area contributed by atoms with Crippen molar-refractivity contribution in [2.75, 3.05) is 14.2 Å². The molecule has 0 amide bonds. The van der Waals surface area contributed by atoms with Gasteiger partial charge in [-0.1, -0.05) is 5.21 Å². The third-order valence-corrected chi connectivity index (χ3v) is 6.24. The van der Waals surface area contributed by atoms with Gasteiger partial charge in [-0.2, -0.15) is 13.2 Å². The lowest BCUT2D eigenvalue weighted by Crippen LogP contribution is -2.47. The number of aliphatic hydroxyl groups is 2. The third-order valence-electron chi connectivity index (χ3n) is 6.24. The standard InChI is InChI=1S/C27H25F5N4O4/c1-25(2,37)18-12-22(33-24(23(18)29)15-5-8-17(28)9-6-15)26(38,27(30,31)32)14-36-13-19(34-35-36)16-7-10-20(39-3)21(11-16)40-4/h5-13,37-38H,14H2,1-4H3/t26-/m0/s1. The molecule has 212 valence electrons. The Bertz CT molecular complexity index is 1520. The van der Waals surface area contributed by atoms with Gasteiger partial charge in [0.25, 0.3) is 0 Å². The molecule has 2 aromatic carbocycles. The number of ether oxygens (including phenoxy) is 2. The highest BCUT2D eigenvalue weighted by molar-refractivity contribution is 5.63. The average molecular weight is 565 g/mol. The van der Waals surface area contributed by atoms with Crippen LogP contribution in [-0.4, -0.2) is 50.6 Å². The molecule has 2 N–H and O–H groups in total. The van der Waals surface area contributed by atoms with Crippen molar-refractivity contribution in [2.24, 2.45) is 0 Å². The largest absolute Gasteiger partial charge is 0.493 e. The molecule has 13 heteroatoms. The maximum Gasteiger partial charge on any atom is 0.424 e. The monoisotopic (exact) mass is 564 g/mol. The first-order valence-corrected chi connectivity index (χ1v) is 11.8. The quantitative estimate of drug-likeness (QED) is 0.291. The lowest BCUT2D eigenvalue weighted by atomic mass is 9.90. The number of rotatable bonds is 8. The fourth-order valence-electron chi connectivity index (χ4n) is 4.04. The van der Waals surface area contributed by atoms with E-state index in [0.29, 0.717) is 23.1 Å². The van der Waals surface area contributed by atoms with Gasteiger partial charge in [0.1, 0.15) is 17.2 Å². The predicted molar refractivity (Wildman–Crippen MR) is 133 cm³/mol. The molecule has 40 heavy (non-hydrogen) atoms. The van der Waals surface area contributed by atoms with Crippen molar-refractivity contribution in [2.45, 2.75) is 37.8 Å². The highest BCUT2D eigenvalue weighted by Crippen LogP contribution is 2.42. The van der Waals surface area contributed by atoms with Crippen LogP contribution in [0.15, 0.2) is 54.7 Å². The molecule has 0 spiro atoms. The van der Waals surface area contributed by atoms with Crippen molar-refractivity contribution in [3.05, 3.63) is 77.6 Å². The van der Waals surface area contributed by atoms with Crippen molar-refractivity contribution in [1.29, 1.82) is 0 Å². The summed E-state index contributed by atoms with van der Waals surface area (Å²) in [7, 11) is 2.86. The van der Waals surface area contributed by atoms with E-state index in [1.165, 1.54) is 34.3 Å². The Balaban J connectivity index is 1.82. The number of alkyl halides is 3. The highest BCUT2D eigenvalue weighted by atomic mass is 19.4. The van der Waals surface area contributed by atoms with Crippen molar-refractivity contribution >= 4 is 0 Å². The van der Waals surface area contributed by atoms with Crippen LogP contribution >= 0.6 is 0 Å². The van der Waals surface area contributed by atoms with E-state index in [-0.39, 0.29) is 11.3 Å². The first-order chi connectivity index (χ1) is 18.7. The molecule has 0 saturated carbocycles. The predicted octanol–water partition coefficient (Wildman–Crippen LogP) is 4.98. The minimum absolute atomic E-state index is 0.0627. The van der Waals surface area contributed by atoms with Gasteiger partial charge in [-0.05, 0) is 62.4 Å². The molecule has 0 aliphatic carbocycles. The van der Waals surface area contributed by atoms with Gasteiger partial charge in [-0.15, -0.1) is 5.10 Å². The summed E-state index contributed by atoms with van der Waals surface area (Å²) >= 11 is 0. The Labute approximate surface area is 225 Å². The van der Waals surface area contributed by atoms with Gasteiger partial charge in [-0.25, -0.2) is 18.4 Å². The molecule has 0 aliphatic rings. The topological polar surface area (TPSA) is 103 Å². The molecule has 4 aromatic rings. The number of aromatic nitrogens is 4. The normalized spacial score (nSPS) is 13.7. The summed E-state index contributed by atoms with van der Waals surface area (Å²) in [5.41, 5.74) is -7.27. The van der Waals surface area contributed by atoms with Gasteiger partial charge >= 0.3 is 6.18 Å². The Morgan fingerprint density at radius 1 is 0.875 bits per heavy atom. The van der Waals surface area contributed by atoms with E-state index in [1.54, 1.807) is 18.2 Å². The van der Waals surface area contributed by atoms with Crippen molar-refractivity contribution in [1.82, 2.24) is 20.0 Å². The fourth-order valence-corrected chi connectivity index (χ4v) is 4.04. The Kier molecular flexibility index (Phi) is 7.56. The van der Waals surface area contributed by atoms with E-state index in [0.717, 1.165) is 28.9 Å². The van der Waals surface area contributed by atoms with Crippen LogP contribution in [0.5, 0.6) is 11.5 Å². The highest BCUT2D eigenvalue weighted by Gasteiger charge is 2.57. The smallest absolute Gasteiger partial charge is 0.424 e. The number of benzene rings is 2. The van der Waals surface area contributed by atoms with Crippen LogP contribution in [-0.2, 0) is 17.7 Å². The van der Waals surface area contributed by atoms with Crippen LogP contribution < -0.4 is 9.47 Å². The maximum absolute atomic E-state index is 15.4. The van der Waals surface area contributed by atoms with E-state index in [2.05, 4.69) is 15.3 Å². The molecular weight excluding hydrogens is 539 g/mol. The van der Waals surface area contributed by atoms with Crippen LogP contribution in [0.2, 0.25) is 0 Å². The lowest BCUT2D eigenvalue weighted by molar-refractivity contribution is -0.274. The molecule has 0 unspecified atom stereocenters. The van der Waals surface area contributed by atoms with Gasteiger partial charge in [0.2, 0.25) is 5.60 Å². The number of hydrogen-bond acceptors (Lipinski definition) is 7. The summed E-state index contributed by atoms with van der Waals surface area (Å²) in [6, 6.07) is 9.59. The lowest BCUT2D eigenvalue weighted by Gasteiger charge is -2.31. The second-order valence-corrected chi connectivity index (χ2v) is 9.51. The van der Waals surface area contributed by atoms with Crippen molar-refractivity contribution in [3.8, 4) is 34.0 Å². The number of halogens is 5. The van der Waals surface area contributed by atoms with Gasteiger partial charge in [0.05, 0.1) is 38.3 Å². The summed E-state index contributed by atoms with van der Waals surface area (Å²) in [5.74, 6) is -1.01. The van der Waals surface area contributed by atoms with E-state index >= 15 is 4.39 Å². The van der Waals surface area contributed by atoms with Crippen LogP contribution in [0, 0.1) is 11.6 Å². The third kappa shape index (κ3) is 5.47. The van der Waals surface area contributed by atoms with E-state index in [4.69, 9.17) is 9.47 Å². The second-order valence-electron chi connectivity index (χ2n) is 9.51. The Morgan fingerprint density at radius 2 is 1.50 bits per heavy atom. The minimum Gasteiger partial charge on any atom is -0.493 e. The first-order valence-electron chi connectivity index (χ1n) is 11.8. The summed E-state index contributed by atoms with van der Waals surface area (Å²) < 4.78 is 83.6. The molecule has 1 atom stereocenters. The van der Waals surface area contributed by atoms with Gasteiger partial charge in [0.15, 0.2) is 17.3 Å². The first kappa shape index (κ1) is 28.9. The second kappa shape index (κ2) is 10.5. The van der Waals surface area contributed by atoms with Gasteiger partial charge < -0.3 is 19.7 Å². The zero-order valence-electron chi connectivity index (χ0n) is 21.8. The number of hydrogen-bond donors (Lipinski definition) is 2. The molecular formula is C27H25F5N4O4. The molecule has 2 heterocycles. The zero-order chi connectivity index (χ0) is 29.5. The summed E-state index contributed by atoms with van der Waals surface area (Å²) in [6.07, 6.45) is -4.15. The molecule has 4 rings (SSSR count). The summed E-state index contributed by atoms with van der Waals surface area (Å²) in [5, 5.41) is 29.3. The molecule has 0 aliphatic heterocycles. The van der Waals surface area contributed by atoms with Crippen LogP contribution in [0.3, 0.4) is 0 Å². The van der Waals surface area contributed by atoms with Gasteiger partial charge in [0, 0.05) is 16.7 Å². The van der Waals surface area contributed by atoms with E-state index in [9.17, 15) is 27.8 Å². The summed E-state index contributed by atoms with van der Waals surface area (Å²) in [4.78, 5) is 3.82. The van der Waals surface area contributed by atoms with Crippen molar-refractivity contribution in [3.63, 3.8) is 0 Å². The van der Waals surface area contributed by atoms with Crippen molar-refractivity contribution < 1.29 is 41.6 Å². The molecule has 0 fully saturated rings. The number of pyridine rings is 1. The molecule has 8 nitrogen and oxygen atoms in total. The van der Waals surface area contributed by atoms with E-state index < -0.39 is 52.5 Å². The SMILES string of the molecule is COc1ccc(-c2cn(C[C@](O)(c3cc(C(C)(C)O)c(F)c(-c4ccc(F)cc4)n3)C(F)(F)F)nn2)cc1OC. The van der Waals surface area contributed by atoms with Crippen LogP contribution in [0.25, 0.3) is 22.5 Å². The zero-order valence-corrected chi connectivity index (χ0v) is 21.8. The molecule has 0 saturated heterocycles. The van der Waals surface area contributed by atoms with Crippen LogP contribution in [0.1, 0.15) is 25.1 Å². The Hall–Kier alpha value is -4.10. The molecule has 0 bridgehead atoms. The summed E-state index contributed by atoms with van der Waals surface area (Å²) in [6.45, 7) is 1.13. The number of nitrogens with zero attached hydrogens (tertiary/aromatic N) is 4. The number of methoxy groups -OCH3 is 2. The fraction of sp³-hybridized carbons (Fsp3) is 0.296. The minimum atomic E-state index is -5.33. The van der Waals surface area contributed by atoms with Crippen LogP contribution in [0.4, 0.5) is 22.0 Å². The molecule has 0 radical (unpaired) electrons. The Morgan fingerprint density at radius 3 is 2.08 bits per heavy atom. The maximum atomic E-state index is 15.4. The van der Waals surface area contributed by atoms with E-state index in [1.807, 2.05) is 0 Å². The van der Waals surface area contributed by atoms with Gasteiger partial charge in [-0.3, -0.25) is 0 Å². The average Bonchev–Trinajstić information content (AvgIpc) is 3.35. The molecule has 2 aromatic heterocycles.